The number of carbonyl (C=O) groups is 1. The fraction of sp³-hybridized carbons (Fsp3) is 0.562. The number of carbonyl (C=O) groups excluding carboxylic acids is 1. The third-order valence-corrected chi connectivity index (χ3v) is 5.00. The van der Waals surface area contributed by atoms with Crippen LogP contribution < -0.4 is 5.56 Å². The molecule has 1 fully saturated rings. The predicted octanol–water partition coefficient (Wildman–Crippen LogP) is 1.70. The van der Waals surface area contributed by atoms with E-state index in [0.29, 0.717) is 16.2 Å². The number of piperidine rings is 1. The number of likely N-dealkylation sites (tertiary alicyclic amines) is 1. The standard InChI is InChI=1S/C16H21N5O2S/c1-3-24-16-17-8-12-14(19-16)18-10-20(15(12)23)9-13(22)21-7-5-4-6-11(21)2/h8,10-11H,3-7,9H2,1-2H3. The Balaban J connectivity index is 1.84. The lowest BCUT2D eigenvalue weighted by Gasteiger charge is -2.33. The van der Waals surface area contributed by atoms with Crippen LogP contribution in [-0.4, -0.2) is 48.7 Å². The molecule has 1 atom stereocenters. The van der Waals surface area contributed by atoms with Gasteiger partial charge in [0.05, 0.1) is 0 Å². The second kappa shape index (κ2) is 7.29. The molecule has 2 aromatic rings. The molecule has 0 spiro atoms. The molecule has 2 aromatic heterocycles. The van der Waals surface area contributed by atoms with Crippen molar-refractivity contribution in [2.45, 2.75) is 50.9 Å². The van der Waals surface area contributed by atoms with E-state index < -0.39 is 0 Å². The number of hydrogen-bond donors (Lipinski definition) is 0. The molecule has 7 nitrogen and oxygen atoms in total. The van der Waals surface area contributed by atoms with Gasteiger partial charge < -0.3 is 4.90 Å². The Kier molecular flexibility index (Phi) is 5.13. The van der Waals surface area contributed by atoms with E-state index in [9.17, 15) is 9.59 Å². The minimum atomic E-state index is -0.272. The molecule has 0 N–H and O–H groups in total. The summed E-state index contributed by atoms with van der Waals surface area (Å²) < 4.78 is 1.35. The first-order valence-electron chi connectivity index (χ1n) is 8.24. The Morgan fingerprint density at radius 2 is 2.21 bits per heavy atom. The molecule has 1 aliphatic rings. The first kappa shape index (κ1) is 16.9. The minimum absolute atomic E-state index is 0.0115. The highest BCUT2D eigenvalue weighted by atomic mass is 32.2. The van der Waals surface area contributed by atoms with Crippen LogP contribution in [0.2, 0.25) is 0 Å². The summed E-state index contributed by atoms with van der Waals surface area (Å²) in [6, 6.07) is 0.229. The van der Waals surface area contributed by atoms with Crippen LogP contribution in [0.25, 0.3) is 11.0 Å². The average molecular weight is 347 g/mol. The third-order valence-electron chi connectivity index (χ3n) is 4.26. The van der Waals surface area contributed by atoms with E-state index in [4.69, 9.17) is 0 Å². The number of rotatable bonds is 4. The lowest BCUT2D eigenvalue weighted by Crippen LogP contribution is -2.44. The summed E-state index contributed by atoms with van der Waals surface area (Å²) in [6.45, 7) is 4.84. The van der Waals surface area contributed by atoms with E-state index >= 15 is 0 Å². The quantitative estimate of drug-likeness (QED) is 0.618. The largest absolute Gasteiger partial charge is 0.338 e. The van der Waals surface area contributed by atoms with Gasteiger partial charge >= 0.3 is 0 Å². The first-order chi connectivity index (χ1) is 11.6. The van der Waals surface area contributed by atoms with Gasteiger partial charge in [0, 0.05) is 18.8 Å². The van der Waals surface area contributed by atoms with Gasteiger partial charge in [-0.05, 0) is 31.9 Å². The molecule has 1 amide bonds. The van der Waals surface area contributed by atoms with Crippen molar-refractivity contribution in [1.29, 1.82) is 0 Å². The summed E-state index contributed by atoms with van der Waals surface area (Å²) in [5.74, 6) is 0.815. The monoisotopic (exact) mass is 347 g/mol. The molecular weight excluding hydrogens is 326 g/mol. The fourth-order valence-electron chi connectivity index (χ4n) is 2.95. The molecule has 0 aromatic carbocycles. The van der Waals surface area contributed by atoms with E-state index in [1.54, 1.807) is 0 Å². The number of thioether (sulfide) groups is 1. The molecule has 24 heavy (non-hydrogen) atoms. The Hall–Kier alpha value is -1.96. The molecule has 3 heterocycles. The molecule has 0 bridgehead atoms. The van der Waals surface area contributed by atoms with Crippen LogP contribution in [0, 0.1) is 0 Å². The molecule has 1 unspecified atom stereocenters. The highest BCUT2D eigenvalue weighted by Crippen LogP contribution is 2.17. The highest BCUT2D eigenvalue weighted by Gasteiger charge is 2.23. The van der Waals surface area contributed by atoms with E-state index in [0.717, 1.165) is 31.6 Å². The van der Waals surface area contributed by atoms with Crippen LogP contribution in [0.1, 0.15) is 33.1 Å². The van der Waals surface area contributed by atoms with Gasteiger partial charge in [-0.25, -0.2) is 15.0 Å². The van der Waals surface area contributed by atoms with Crippen LogP contribution in [-0.2, 0) is 11.3 Å². The predicted molar refractivity (Wildman–Crippen MR) is 93.0 cm³/mol. The van der Waals surface area contributed by atoms with Crippen LogP contribution in [0.4, 0.5) is 0 Å². The SMILES string of the molecule is CCSc1ncc2c(=O)n(CC(=O)N3CCCCC3C)cnc2n1. The van der Waals surface area contributed by atoms with Crippen molar-refractivity contribution in [3.8, 4) is 0 Å². The summed E-state index contributed by atoms with van der Waals surface area (Å²) >= 11 is 1.50. The third kappa shape index (κ3) is 3.43. The maximum absolute atomic E-state index is 12.6. The second-order valence-corrected chi connectivity index (χ2v) is 7.16. The maximum Gasteiger partial charge on any atom is 0.264 e. The first-order valence-corrected chi connectivity index (χ1v) is 9.23. The zero-order chi connectivity index (χ0) is 17.1. The van der Waals surface area contributed by atoms with Crippen molar-refractivity contribution in [2.24, 2.45) is 0 Å². The average Bonchev–Trinajstić information content (AvgIpc) is 2.58. The van der Waals surface area contributed by atoms with Crippen LogP contribution in [0.3, 0.4) is 0 Å². The van der Waals surface area contributed by atoms with Crippen molar-refractivity contribution < 1.29 is 4.79 Å². The number of aromatic nitrogens is 4. The van der Waals surface area contributed by atoms with E-state index in [1.165, 1.54) is 28.9 Å². The lowest BCUT2D eigenvalue weighted by molar-refractivity contribution is -0.135. The molecular formula is C16H21N5O2S. The lowest BCUT2D eigenvalue weighted by atomic mass is 10.0. The van der Waals surface area contributed by atoms with E-state index in [-0.39, 0.29) is 24.1 Å². The van der Waals surface area contributed by atoms with E-state index in [2.05, 4.69) is 21.9 Å². The summed E-state index contributed by atoms with van der Waals surface area (Å²) in [6.07, 6.45) is 6.09. The maximum atomic E-state index is 12.6. The number of amides is 1. The summed E-state index contributed by atoms with van der Waals surface area (Å²) in [5, 5.41) is 0.949. The Labute approximate surface area is 144 Å². The Bertz CT molecular complexity index is 807. The molecule has 3 rings (SSSR count). The van der Waals surface area contributed by atoms with Crippen molar-refractivity contribution >= 4 is 28.7 Å². The summed E-state index contributed by atoms with van der Waals surface area (Å²) in [7, 11) is 0. The van der Waals surface area contributed by atoms with Crippen molar-refractivity contribution in [3.63, 3.8) is 0 Å². The molecule has 1 saturated heterocycles. The molecule has 0 saturated carbocycles. The van der Waals surface area contributed by atoms with Gasteiger partial charge in [0.15, 0.2) is 10.8 Å². The van der Waals surface area contributed by atoms with Gasteiger partial charge in [-0.2, -0.15) is 0 Å². The smallest absolute Gasteiger partial charge is 0.264 e. The molecule has 0 aliphatic carbocycles. The van der Waals surface area contributed by atoms with Gasteiger partial charge in [-0.3, -0.25) is 14.2 Å². The van der Waals surface area contributed by atoms with Gasteiger partial charge in [0.25, 0.3) is 5.56 Å². The van der Waals surface area contributed by atoms with Gasteiger partial charge in [-0.15, -0.1) is 0 Å². The normalized spacial score (nSPS) is 18.1. The highest BCUT2D eigenvalue weighted by molar-refractivity contribution is 7.99. The summed E-state index contributed by atoms with van der Waals surface area (Å²) in [5.41, 5.74) is 0.104. The minimum Gasteiger partial charge on any atom is -0.338 e. The van der Waals surface area contributed by atoms with Crippen LogP contribution >= 0.6 is 11.8 Å². The molecule has 8 heteroatoms. The van der Waals surface area contributed by atoms with Crippen LogP contribution in [0.5, 0.6) is 0 Å². The van der Waals surface area contributed by atoms with Crippen molar-refractivity contribution in [3.05, 3.63) is 22.9 Å². The topological polar surface area (TPSA) is 81.0 Å². The molecule has 1 aliphatic heterocycles. The molecule has 128 valence electrons. The van der Waals surface area contributed by atoms with Gasteiger partial charge in [0.2, 0.25) is 5.91 Å². The van der Waals surface area contributed by atoms with Gasteiger partial charge in [0.1, 0.15) is 18.3 Å². The second-order valence-electron chi connectivity index (χ2n) is 5.93. The van der Waals surface area contributed by atoms with E-state index in [1.807, 2.05) is 11.8 Å². The van der Waals surface area contributed by atoms with Gasteiger partial charge in [-0.1, -0.05) is 18.7 Å². The van der Waals surface area contributed by atoms with Crippen molar-refractivity contribution in [2.75, 3.05) is 12.3 Å². The Morgan fingerprint density at radius 3 is 2.96 bits per heavy atom. The number of hydrogen-bond acceptors (Lipinski definition) is 6. The zero-order valence-corrected chi connectivity index (χ0v) is 14.8. The van der Waals surface area contributed by atoms with Crippen molar-refractivity contribution in [1.82, 2.24) is 24.4 Å². The fourth-order valence-corrected chi connectivity index (χ4v) is 3.49. The summed E-state index contributed by atoms with van der Waals surface area (Å²) in [4.78, 5) is 39.6. The number of nitrogens with zero attached hydrogens (tertiary/aromatic N) is 5. The Morgan fingerprint density at radius 1 is 1.38 bits per heavy atom. The van der Waals surface area contributed by atoms with Crippen LogP contribution in [0.15, 0.2) is 22.5 Å². The number of fused-ring (bicyclic) bond motifs is 1. The zero-order valence-electron chi connectivity index (χ0n) is 13.9. The molecule has 0 radical (unpaired) electrons.